The van der Waals surface area contributed by atoms with Crippen molar-refractivity contribution >= 4 is 21.7 Å². The first-order valence-corrected chi connectivity index (χ1v) is 8.22. The third-order valence-corrected chi connectivity index (χ3v) is 4.47. The van der Waals surface area contributed by atoms with Crippen LogP contribution in [0.4, 0.5) is 0 Å². The van der Waals surface area contributed by atoms with Crippen LogP contribution >= 0.6 is 15.9 Å². The normalized spacial score (nSPS) is 23.1. The number of carbonyl (C=O) groups is 1. The molecule has 0 bridgehead atoms. The molecule has 1 aromatic carbocycles. The average Bonchev–Trinajstić information content (AvgIpc) is 2.41. The third kappa shape index (κ3) is 3.92. The van der Waals surface area contributed by atoms with E-state index in [4.69, 9.17) is 4.74 Å². The van der Waals surface area contributed by atoms with Crippen LogP contribution in [0.3, 0.4) is 0 Å². The van der Waals surface area contributed by atoms with Crippen molar-refractivity contribution in [3.63, 3.8) is 0 Å². The van der Waals surface area contributed by atoms with Crippen molar-refractivity contribution in [2.75, 3.05) is 0 Å². The second kappa shape index (κ2) is 6.86. The van der Waals surface area contributed by atoms with Gasteiger partial charge in [0.15, 0.2) is 5.78 Å². The van der Waals surface area contributed by atoms with E-state index in [9.17, 15) is 4.79 Å². The number of rotatable bonds is 4. The van der Waals surface area contributed by atoms with Gasteiger partial charge in [-0.2, -0.15) is 0 Å². The number of Topliss-reactive ketones (excluding diaryl/α,β-unsaturated/α-hetero) is 1. The topological polar surface area (TPSA) is 26.3 Å². The predicted octanol–water partition coefficient (Wildman–Crippen LogP) is 4.92. The molecule has 0 aromatic heterocycles. The molecule has 0 spiro atoms. The number of ether oxygens (including phenoxy) is 1. The Morgan fingerprint density at radius 3 is 2.50 bits per heavy atom. The molecule has 0 amide bonds. The van der Waals surface area contributed by atoms with Crippen molar-refractivity contribution in [2.45, 2.75) is 58.7 Å². The quantitative estimate of drug-likeness (QED) is 0.728. The molecule has 2 rings (SSSR count). The standard InChI is InChI=1S/C17H23BrO2/c1-11(2)20-15-8-5-13(6-9-15)17(19)16-10-14(18)7-4-12(16)3/h4,7,10-11,13,15H,5-6,8-9H2,1-3H3. The molecule has 20 heavy (non-hydrogen) atoms. The first-order chi connectivity index (χ1) is 9.47. The molecule has 1 saturated carbocycles. The van der Waals surface area contributed by atoms with Crippen LogP contribution in [0.2, 0.25) is 0 Å². The third-order valence-electron chi connectivity index (χ3n) is 3.97. The Morgan fingerprint density at radius 1 is 1.25 bits per heavy atom. The van der Waals surface area contributed by atoms with Crippen LogP contribution in [-0.4, -0.2) is 18.0 Å². The smallest absolute Gasteiger partial charge is 0.166 e. The highest BCUT2D eigenvalue weighted by Crippen LogP contribution is 2.31. The van der Waals surface area contributed by atoms with Crippen LogP contribution in [0.25, 0.3) is 0 Å². The van der Waals surface area contributed by atoms with Gasteiger partial charge in [0.25, 0.3) is 0 Å². The van der Waals surface area contributed by atoms with E-state index in [1.165, 1.54) is 0 Å². The fourth-order valence-corrected chi connectivity index (χ4v) is 3.29. The number of halogens is 1. The molecule has 1 aromatic rings. The Labute approximate surface area is 130 Å². The second-order valence-electron chi connectivity index (χ2n) is 5.98. The summed E-state index contributed by atoms with van der Waals surface area (Å²) in [6.45, 7) is 6.15. The summed E-state index contributed by atoms with van der Waals surface area (Å²) in [6.07, 6.45) is 4.51. The highest BCUT2D eigenvalue weighted by atomic mass is 79.9. The van der Waals surface area contributed by atoms with Crippen LogP contribution in [-0.2, 0) is 4.74 Å². The molecule has 0 N–H and O–H groups in total. The molecule has 0 radical (unpaired) electrons. The molecule has 2 nitrogen and oxygen atoms in total. The molecule has 1 aliphatic carbocycles. The Hall–Kier alpha value is -0.670. The minimum absolute atomic E-state index is 0.162. The first kappa shape index (κ1) is 15.7. The van der Waals surface area contributed by atoms with Gasteiger partial charge < -0.3 is 4.74 Å². The summed E-state index contributed by atoms with van der Waals surface area (Å²) < 4.78 is 6.82. The zero-order valence-electron chi connectivity index (χ0n) is 12.5. The van der Waals surface area contributed by atoms with Gasteiger partial charge >= 0.3 is 0 Å². The minimum atomic E-state index is 0.162. The molecule has 0 heterocycles. The van der Waals surface area contributed by atoms with E-state index >= 15 is 0 Å². The molecule has 110 valence electrons. The number of carbonyl (C=O) groups excluding carboxylic acids is 1. The fraction of sp³-hybridized carbons (Fsp3) is 0.588. The van der Waals surface area contributed by atoms with Crippen LogP contribution in [0, 0.1) is 12.8 Å². The van der Waals surface area contributed by atoms with Crippen molar-refractivity contribution in [3.8, 4) is 0 Å². The molecular weight excluding hydrogens is 316 g/mol. The van der Waals surface area contributed by atoms with Gasteiger partial charge in [-0.1, -0.05) is 22.0 Å². The maximum atomic E-state index is 12.6. The average molecular weight is 339 g/mol. The summed E-state index contributed by atoms with van der Waals surface area (Å²) in [4.78, 5) is 12.6. The van der Waals surface area contributed by atoms with Gasteiger partial charge in [-0.3, -0.25) is 4.79 Å². The highest BCUT2D eigenvalue weighted by Gasteiger charge is 2.28. The van der Waals surface area contributed by atoms with Gasteiger partial charge in [-0.25, -0.2) is 0 Å². The number of benzene rings is 1. The molecule has 3 heteroatoms. The zero-order valence-corrected chi connectivity index (χ0v) is 14.1. The second-order valence-corrected chi connectivity index (χ2v) is 6.90. The van der Waals surface area contributed by atoms with E-state index in [0.717, 1.165) is 41.3 Å². The van der Waals surface area contributed by atoms with E-state index < -0.39 is 0 Å². The SMILES string of the molecule is Cc1ccc(Br)cc1C(=O)C1CCC(OC(C)C)CC1. The zero-order chi connectivity index (χ0) is 14.7. The van der Waals surface area contributed by atoms with Crippen molar-refractivity contribution in [1.29, 1.82) is 0 Å². The van der Waals surface area contributed by atoms with Crippen LogP contribution in [0.15, 0.2) is 22.7 Å². The van der Waals surface area contributed by atoms with E-state index in [-0.39, 0.29) is 12.0 Å². The Morgan fingerprint density at radius 2 is 1.90 bits per heavy atom. The number of hydrogen-bond donors (Lipinski definition) is 0. The molecule has 1 fully saturated rings. The summed E-state index contributed by atoms with van der Waals surface area (Å²) >= 11 is 3.45. The molecule has 0 atom stereocenters. The Bertz CT molecular complexity index is 474. The van der Waals surface area contributed by atoms with Crippen LogP contribution < -0.4 is 0 Å². The van der Waals surface area contributed by atoms with Gasteiger partial charge in [-0.15, -0.1) is 0 Å². The highest BCUT2D eigenvalue weighted by molar-refractivity contribution is 9.10. The van der Waals surface area contributed by atoms with Crippen molar-refractivity contribution < 1.29 is 9.53 Å². The maximum absolute atomic E-state index is 12.6. The summed E-state index contributed by atoms with van der Waals surface area (Å²) in [6, 6.07) is 5.94. The number of aryl methyl sites for hydroxylation is 1. The molecule has 1 aliphatic rings. The van der Waals surface area contributed by atoms with Crippen LogP contribution in [0.1, 0.15) is 55.5 Å². The maximum Gasteiger partial charge on any atom is 0.166 e. The van der Waals surface area contributed by atoms with E-state index in [1.807, 2.05) is 25.1 Å². The summed E-state index contributed by atoms with van der Waals surface area (Å²) in [7, 11) is 0. The van der Waals surface area contributed by atoms with Crippen LogP contribution in [0.5, 0.6) is 0 Å². The monoisotopic (exact) mass is 338 g/mol. The van der Waals surface area contributed by atoms with Gasteiger partial charge in [-0.05, 0) is 64.2 Å². The lowest BCUT2D eigenvalue weighted by atomic mass is 9.81. The lowest BCUT2D eigenvalue weighted by Crippen LogP contribution is -2.28. The Kier molecular flexibility index (Phi) is 5.39. The molecule has 0 unspecified atom stereocenters. The van der Waals surface area contributed by atoms with Gasteiger partial charge in [0.1, 0.15) is 0 Å². The number of ketones is 1. The van der Waals surface area contributed by atoms with Crippen molar-refractivity contribution in [1.82, 2.24) is 0 Å². The van der Waals surface area contributed by atoms with E-state index in [0.29, 0.717) is 11.9 Å². The lowest BCUT2D eigenvalue weighted by Gasteiger charge is -2.29. The minimum Gasteiger partial charge on any atom is -0.376 e. The summed E-state index contributed by atoms with van der Waals surface area (Å²) in [5.74, 6) is 0.460. The van der Waals surface area contributed by atoms with E-state index in [2.05, 4.69) is 29.8 Å². The van der Waals surface area contributed by atoms with Crippen molar-refractivity contribution in [2.24, 2.45) is 5.92 Å². The predicted molar refractivity (Wildman–Crippen MR) is 85.2 cm³/mol. The molecule has 0 aliphatic heterocycles. The molecule has 0 saturated heterocycles. The molecular formula is C17H23BrO2. The summed E-state index contributed by atoms with van der Waals surface area (Å²) in [5, 5.41) is 0. The van der Waals surface area contributed by atoms with Gasteiger partial charge in [0.2, 0.25) is 0 Å². The lowest BCUT2D eigenvalue weighted by molar-refractivity contribution is -0.0178. The number of hydrogen-bond acceptors (Lipinski definition) is 2. The van der Waals surface area contributed by atoms with E-state index in [1.54, 1.807) is 0 Å². The Balaban J connectivity index is 2.00. The van der Waals surface area contributed by atoms with Gasteiger partial charge in [0, 0.05) is 16.0 Å². The summed E-state index contributed by atoms with van der Waals surface area (Å²) in [5.41, 5.74) is 1.94. The van der Waals surface area contributed by atoms with Crippen molar-refractivity contribution in [3.05, 3.63) is 33.8 Å². The fourth-order valence-electron chi connectivity index (χ4n) is 2.93. The first-order valence-electron chi connectivity index (χ1n) is 7.43. The van der Waals surface area contributed by atoms with Gasteiger partial charge in [0.05, 0.1) is 12.2 Å². The largest absolute Gasteiger partial charge is 0.376 e.